The second-order valence-electron chi connectivity index (χ2n) is 6.39. The highest BCUT2D eigenvalue weighted by Crippen LogP contribution is 2.11. The number of hydrogen-bond acceptors (Lipinski definition) is 5. The fraction of sp³-hybridized carbons (Fsp3) is 0.0952. The van der Waals surface area contributed by atoms with Crippen molar-refractivity contribution in [3.05, 3.63) is 110 Å². The number of aromatic nitrogens is 1. The molecule has 1 N–H and O–H groups in total. The third-order valence-corrected chi connectivity index (χ3v) is 4.20. The first-order valence-corrected chi connectivity index (χ1v) is 8.77. The van der Waals surface area contributed by atoms with Crippen LogP contribution in [-0.4, -0.2) is 21.6 Å². The Morgan fingerprint density at radius 3 is 2.66 bits per heavy atom. The number of amides is 1. The molecule has 0 atom stereocenters. The van der Waals surface area contributed by atoms with Gasteiger partial charge < -0.3 is 4.57 Å². The van der Waals surface area contributed by atoms with Crippen LogP contribution >= 0.6 is 0 Å². The van der Waals surface area contributed by atoms with Crippen LogP contribution in [0.15, 0.2) is 76.8 Å². The summed E-state index contributed by atoms with van der Waals surface area (Å²) in [6, 6.07) is 16.6. The Bertz CT molecular complexity index is 1130. The topological polar surface area (TPSA) is 107 Å². The lowest BCUT2D eigenvalue weighted by molar-refractivity contribution is -0.384. The molecule has 0 saturated heterocycles. The Morgan fingerprint density at radius 1 is 1.17 bits per heavy atom. The molecule has 0 aliphatic carbocycles. The van der Waals surface area contributed by atoms with Gasteiger partial charge in [0.25, 0.3) is 17.2 Å². The van der Waals surface area contributed by atoms with Crippen molar-refractivity contribution < 1.29 is 9.72 Å². The second kappa shape index (κ2) is 8.75. The van der Waals surface area contributed by atoms with Crippen LogP contribution in [0.4, 0.5) is 5.69 Å². The van der Waals surface area contributed by atoms with Crippen molar-refractivity contribution in [1.82, 2.24) is 9.99 Å². The van der Waals surface area contributed by atoms with Gasteiger partial charge in [-0.3, -0.25) is 19.7 Å². The molecule has 0 aliphatic rings. The van der Waals surface area contributed by atoms with E-state index in [0.717, 1.165) is 11.1 Å². The number of nitro benzene ring substituents is 1. The van der Waals surface area contributed by atoms with Crippen molar-refractivity contribution in [1.29, 1.82) is 0 Å². The minimum absolute atomic E-state index is 0.0456. The van der Waals surface area contributed by atoms with Crippen LogP contribution in [0.25, 0.3) is 0 Å². The summed E-state index contributed by atoms with van der Waals surface area (Å²) >= 11 is 0. The molecular formula is C21H18N4O4. The maximum absolute atomic E-state index is 12.6. The third-order valence-electron chi connectivity index (χ3n) is 4.20. The van der Waals surface area contributed by atoms with E-state index in [2.05, 4.69) is 10.5 Å². The Hall–Kier alpha value is -4.07. The van der Waals surface area contributed by atoms with Gasteiger partial charge in [-0.05, 0) is 24.6 Å². The van der Waals surface area contributed by atoms with Crippen molar-refractivity contribution in [3.8, 4) is 0 Å². The lowest BCUT2D eigenvalue weighted by Crippen LogP contribution is -2.30. The Morgan fingerprint density at radius 2 is 1.93 bits per heavy atom. The van der Waals surface area contributed by atoms with Crippen LogP contribution in [0.3, 0.4) is 0 Å². The molecule has 3 aromatic rings. The standard InChI is InChI=1S/C21H18N4O4/c1-15-7-9-16(10-8-15)14-24-11-3-6-19(21(24)27)20(26)23-22-13-17-4-2-5-18(12-17)25(28)29/h2-13H,14H2,1H3,(H,23,26)/b22-13-. The van der Waals surface area contributed by atoms with Crippen molar-refractivity contribution >= 4 is 17.8 Å². The van der Waals surface area contributed by atoms with Gasteiger partial charge in [0, 0.05) is 23.9 Å². The average molecular weight is 390 g/mol. The first-order valence-electron chi connectivity index (χ1n) is 8.77. The Balaban J connectivity index is 1.72. The molecule has 1 heterocycles. The predicted octanol–water partition coefficient (Wildman–Crippen LogP) is 2.88. The predicted molar refractivity (Wildman–Crippen MR) is 109 cm³/mol. The van der Waals surface area contributed by atoms with E-state index in [0.29, 0.717) is 12.1 Å². The molecule has 3 rings (SSSR count). The monoisotopic (exact) mass is 390 g/mol. The van der Waals surface area contributed by atoms with Gasteiger partial charge in [0.1, 0.15) is 5.56 Å². The first kappa shape index (κ1) is 19.7. The van der Waals surface area contributed by atoms with Gasteiger partial charge >= 0.3 is 0 Å². The number of rotatable bonds is 6. The van der Waals surface area contributed by atoms with E-state index in [9.17, 15) is 19.7 Å². The fourth-order valence-corrected chi connectivity index (χ4v) is 2.67. The third kappa shape index (κ3) is 5.01. The smallest absolute Gasteiger partial charge is 0.276 e. The molecular weight excluding hydrogens is 372 g/mol. The molecule has 8 heteroatoms. The zero-order chi connectivity index (χ0) is 20.8. The zero-order valence-corrected chi connectivity index (χ0v) is 15.6. The molecule has 0 saturated carbocycles. The maximum Gasteiger partial charge on any atom is 0.276 e. The van der Waals surface area contributed by atoms with Crippen LogP contribution < -0.4 is 11.0 Å². The summed E-state index contributed by atoms with van der Waals surface area (Å²) in [6.07, 6.45) is 2.89. The summed E-state index contributed by atoms with van der Waals surface area (Å²) < 4.78 is 1.45. The molecule has 0 unspecified atom stereocenters. The molecule has 0 radical (unpaired) electrons. The van der Waals surface area contributed by atoms with Gasteiger partial charge in [-0.2, -0.15) is 5.10 Å². The molecule has 146 valence electrons. The van der Waals surface area contributed by atoms with E-state index >= 15 is 0 Å². The van der Waals surface area contributed by atoms with Gasteiger partial charge in [0.05, 0.1) is 17.7 Å². The maximum atomic E-state index is 12.6. The molecule has 0 bridgehead atoms. The van der Waals surface area contributed by atoms with Crippen molar-refractivity contribution in [2.24, 2.45) is 5.10 Å². The highest BCUT2D eigenvalue weighted by Gasteiger charge is 2.12. The van der Waals surface area contributed by atoms with E-state index in [1.54, 1.807) is 18.3 Å². The minimum Gasteiger partial charge on any atom is -0.310 e. The SMILES string of the molecule is Cc1ccc(Cn2cccc(C(=O)N/N=C\c3cccc([N+](=O)[O-])c3)c2=O)cc1. The largest absolute Gasteiger partial charge is 0.310 e. The molecule has 0 fully saturated rings. The molecule has 8 nitrogen and oxygen atoms in total. The van der Waals surface area contributed by atoms with E-state index in [1.165, 1.54) is 35.0 Å². The van der Waals surface area contributed by atoms with Gasteiger partial charge in [-0.1, -0.05) is 42.0 Å². The van der Waals surface area contributed by atoms with Crippen LogP contribution in [-0.2, 0) is 6.54 Å². The number of carbonyl (C=O) groups excluding carboxylic acids is 1. The number of pyridine rings is 1. The summed E-state index contributed by atoms with van der Waals surface area (Å²) in [7, 11) is 0. The number of hydrazone groups is 1. The number of non-ortho nitro benzene ring substituents is 1. The normalized spacial score (nSPS) is 10.8. The summed E-state index contributed by atoms with van der Waals surface area (Å²) in [5.41, 5.74) is 4.24. The summed E-state index contributed by atoms with van der Waals surface area (Å²) in [5.74, 6) is -0.657. The second-order valence-corrected chi connectivity index (χ2v) is 6.39. The highest BCUT2D eigenvalue weighted by atomic mass is 16.6. The van der Waals surface area contributed by atoms with E-state index in [-0.39, 0.29) is 11.3 Å². The number of nitrogens with zero attached hydrogens (tertiary/aromatic N) is 3. The molecule has 1 aromatic heterocycles. The summed E-state index contributed by atoms with van der Waals surface area (Å²) in [5, 5.41) is 14.6. The molecule has 1 amide bonds. The van der Waals surface area contributed by atoms with Crippen molar-refractivity contribution in [2.75, 3.05) is 0 Å². The van der Waals surface area contributed by atoms with E-state index in [4.69, 9.17) is 0 Å². The lowest BCUT2D eigenvalue weighted by Gasteiger charge is -2.08. The van der Waals surface area contributed by atoms with Gasteiger partial charge in [0.2, 0.25) is 0 Å². The number of hydrogen-bond donors (Lipinski definition) is 1. The molecule has 2 aromatic carbocycles. The fourth-order valence-electron chi connectivity index (χ4n) is 2.67. The minimum atomic E-state index is -0.657. The number of aryl methyl sites for hydroxylation is 1. The van der Waals surface area contributed by atoms with Crippen LogP contribution in [0.1, 0.15) is 27.0 Å². The first-order chi connectivity index (χ1) is 13.9. The summed E-state index contributed by atoms with van der Waals surface area (Å²) in [6.45, 7) is 2.33. The van der Waals surface area contributed by atoms with Crippen LogP contribution in [0, 0.1) is 17.0 Å². The van der Waals surface area contributed by atoms with Gasteiger partial charge in [-0.25, -0.2) is 5.43 Å². The van der Waals surface area contributed by atoms with Gasteiger partial charge in [0.15, 0.2) is 0 Å². The van der Waals surface area contributed by atoms with Crippen molar-refractivity contribution in [2.45, 2.75) is 13.5 Å². The number of carbonyl (C=O) groups is 1. The molecule has 0 spiro atoms. The summed E-state index contributed by atoms with van der Waals surface area (Å²) in [4.78, 5) is 35.2. The highest BCUT2D eigenvalue weighted by molar-refractivity contribution is 5.94. The zero-order valence-electron chi connectivity index (χ0n) is 15.6. The van der Waals surface area contributed by atoms with Gasteiger partial charge in [-0.15, -0.1) is 0 Å². The van der Waals surface area contributed by atoms with Crippen LogP contribution in [0.5, 0.6) is 0 Å². The molecule has 29 heavy (non-hydrogen) atoms. The Labute approximate surface area is 166 Å². The lowest BCUT2D eigenvalue weighted by atomic mass is 10.1. The van der Waals surface area contributed by atoms with Crippen molar-refractivity contribution in [3.63, 3.8) is 0 Å². The van der Waals surface area contributed by atoms with E-state index in [1.807, 2.05) is 31.2 Å². The number of benzene rings is 2. The number of nitro groups is 1. The molecule has 0 aliphatic heterocycles. The van der Waals surface area contributed by atoms with E-state index < -0.39 is 16.4 Å². The average Bonchev–Trinajstić information content (AvgIpc) is 2.71. The quantitative estimate of drug-likeness (QED) is 0.397. The Kier molecular flexibility index (Phi) is 5.94. The number of nitrogens with one attached hydrogen (secondary N) is 1. The van der Waals surface area contributed by atoms with Crippen LogP contribution in [0.2, 0.25) is 0 Å².